The summed E-state index contributed by atoms with van der Waals surface area (Å²) in [5.41, 5.74) is 4.08. The lowest BCUT2D eigenvalue weighted by Gasteiger charge is -2.42. The average Bonchev–Trinajstić information content (AvgIpc) is 2.89. The fourth-order valence-electron chi connectivity index (χ4n) is 4.00. The van der Waals surface area contributed by atoms with Crippen LogP contribution in [0.2, 0.25) is 5.82 Å². The molecule has 1 fully saturated rings. The monoisotopic (exact) mass is 526 g/mol. The van der Waals surface area contributed by atoms with Gasteiger partial charge in [-0.15, -0.1) is 4.91 Å². The lowest BCUT2D eigenvalue weighted by atomic mass is 9.86. The zero-order valence-corrected chi connectivity index (χ0v) is 21.7. The van der Waals surface area contributed by atoms with Crippen LogP contribution in [0.5, 0.6) is 11.5 Å². The second-order valence-corrected chi connectivity index (χ2v) is 9.20. The van der Waals surface area contributed by atoms with Gasteiger partial charge < -0.3 is 9.84 Å². The van der Waals surface area contributed by atoms with Gasteiger partial charge in [0.05, 0.1) is 20.1 Å². The van der Waals surface area contributed by atoms with Gasteiger partial charge in [-0.25, -0.2) is 9.79 Å². The van der Waals surface area contributed by atoms with Crippen molar-refractivity contribution in [3.05, 3.63) is 88.1 Å². The lowest BCUT2D eigenvalue weighted by molar-refractivity contribution is -0.119. The number of guanidine groups is 1. The molecule has 2 heterocycles. The molecule has 3 amide bonds. The first kappa shape index (κ1) is 27.5. The van der Waals surface area contributed by atoms with Gasteiger partial charge in [0.2, 0.25) is 12.3 Å². The van der Waals surface area contributed by atoms with Crippen LogP contribution >= 0.6 is 0 Å². The second kappa shape index (κ2) is 11.9. The number of aliphatic hydroxyl groups excluding tert-OH is 1. The van der Waals surface area contributed by atoms with Crippen molar-refractivity contribution >= 4 is 31.4 Å². The maximum Gasteiger partial charge on any atom is 0.327 e. The second-order valence-electron chi connectivity index (χ2n) is 9.20. The van der Waals surface area contributed by atoms with Crippen LogP contribution in [0.3, 0.4) is 0 Å². The highest BCUT2D eigenvalue weighted by molar-refractivity contribution is 6.24. The quantitative estimate of drug-likeness (QED) is 0.336. The number of aryl methyl sites for hydroxylation is 3. The maximum atomic E-state index is 12.9. The molecule has 0 aliphatic carbocycles. The van der Waals surface area contributed by atoms with E-state index in [0.717, 1.165) is 27.4 Å². The van der Waals surface area contributed by atoms with Gasteiger partial charge in [-0.2, -0.15) is 0 Å². The van der Waals surface area contributed by atoms with Crippen molar-refractivity contribution in [1.82, 2.24) is 20.1 Å². The van der Waals surface area contributed by atoms with Gasteiger partial charge in [0.25, 0.3) is 5.91 Å². The third-order valence-electron chi connectivity index (χ3n) is 5.95. The zero-order chi connectivity index (χ0) is 28.1. The molecule has 11 nitrogen and oxygen atoms in total. The number of nitrogens with zero attached hydrogens (tertiary/aromatic N) is 5. The molecule has 198 valence electrons. The number of amides is 3. The van der Waals surface area contributed by atoms with Crippen molar-refractivity contribution in [2.24, 2.45) is 10.2 Å². The Morgan fingerprint density at radius 1 is 1.05 bits per heavy atom. The molecule has 0 spiro atoms. The number of carbonyl (C=O) groups excluding carboxylic acids is 2. The van der Waals surface area contributed by atoms with Crippen molar-refractivity contribution < 1.29 is 19.4 Å². The van der Waals surface area contributed by atoms with Crippen LogP contribution in [0.4, 0.5) is 10.5 Å². The SMILES string of the molecule is [B][C@@H](CN1C(=O)NC(=Nc2ccc(Oc3cc(C)nc(C)c3)cc2)N(Cc2ccc(C)cc2)C1O)C(=O)N=O. The van der Waals surface area contributed by atoms with Gasteiger partial charge in [0, 0.05) is 41.1 Å². The number of aliphatic imine (C=N–C) groups is 1. The molecular formula is C27H27BN6O5. The molecule has 2 aromatic carbocycles. The van der Waals surface area contributed by atoms with Crippen molar-refractivity contribution in [2.45, 2.75) is 39.5 Å². The van der Waals surface area contributed by atoms with E-state index in [1.54, 1.807) is 24.3 Å². The largest absolute Gasteiger partial charge is 0.457 e. The number of rotatable bonds is 8. The number of benzene rings is 2. The summed E-state index contributed by atoms with van der Waals surface area (Å²) in [6, 6.07) is 17.4. The number of urea groups is 1. The molecule has 1 aliphatic heterocycles. The topological polar surface area (TPSA) is 137 Å². The molecule has 12 heteroatoms. The van der Waals surface area contributed by atoms with E-state index < -0.39 is 30.7 Å². The van der Waals surface area contributed by atoms with Crippen LogP contribution in [0.15, 0.2) is 70.8 Å². The minimum Gasteiger partial charge on any atom is -0.457 e. The number of nitrogens with one attached hydrogen (secondary N) is 1. The highest BCUT2D eigenvalue weighted by Gasteiger charge is 2.37. The zero-order valence-electron chi connectivity index (χ0n) is 21.7. The number of aromatic nitrogens is 1. The van der Waals surface area contributed by atoms with Gasteiger partial charge in [0.1, 0.15) is 11.5 Å². The van der Waals surface area contributed by atoms with Gasteiger partial charge >= 0.3 is 6.03 Å². The molecule has 2 radical (unpaired) electrons. The Bertz CT molecular complexity index is 1380. The minimum absolute atomic E-state index is 0.0896. The van der Waals surface area contributed by atoms with E-state index in [1.165, 1.54) is 4.90 Å². The molecule has 1 saturated heterocycles. The molecule has 1 aliphatic rings. The first-order chi connectivity index (χ1) is 18.6. The Balaban J connectivity index is 1.59. The summed E-state index contributed by atoms with van der Waals surface area (Å²) in [5.74, 6) is -1.18. The summed E-state index contributed by atoms with van der Waals surface area (Å²) >= 11 is 0. The molecule has 2 atom stereocenters. The summed E-state index contributed by atoms with van der Waals surface area (Å²) in [6.45, 7) is 5.49. The standard InChI is InChI=1S/C27H27BN6O5/c1-16-4-6-19(7-5-16)14-33-25(31-26(36)34(27(33)37)15-23(28)24(35)32-38)30-20-8-10-21(11-9-20)39-22-12-17(2)29-18(3)13-22/h4-13,23,27,37H,14-15H2,1-3H3,(H,30,31,36)/t23-,27?/m0/s1. The van der Waals surface area contributed by atoms with Gasteiger partial charge in [-0.1, -0.05) is 29.8 Å². The third-order valence-corrected chi connectivity index (χ3v) is 5.95. The fourth-order valence-corrected chi connectivity index (χ4v) is 4.00. The van der Waals surface area contributed by atoms with Crippen LogP contribution in [0, 0.1) is 25.7 Å². The normalized spacial score (nSPS) is 17.1. The highest BCUT2D eigenvalue weighted by Crippen LogP contribution is 2.26. The van der Waals surface area contributed by atoms with Gasteiger partial charge in [-0.3, -0.25) is 24.9 Å². The van der Waals surface area contributed by atoms with E-state index in [1.807, 2.05) is 57.2 Å². The number of hydrogen-bond acceptors (Lipinski definition) is 7. The van der Waals surface area contributed by atoms with E-state index in [9.17, 15) is 19.6 Å². The Labute approximate surface area is 226 Å². The summed E-state index contributed by atoms with van der Waals surface area (Å²) < 4.78 is 5.92. The molecule has 2 N–H and O–H groups in total. The molecule has 39 heavy (non-hydrogen) atoms. The number of aliphatic hydroxyl groups is 1. The Morgan fingerprint density at radius 3 is 2.31 bits per heavy atom. The molecule has 4 rings (SSSR count). The fraction of sp³-hybridized carbons (Fsp3) is 0.259. The molecule has 1 aromatic heterocycles. The molecule has 0 bridgehead atoms. The van der Waals surface area contributed by atoms with Crippen LogP contribution in [-0.2, 0) is 11.3 Å². The Kier molecular flexibility index (Phi) is 8.35. The van der Waals surface area contributed by atoms with Gasteiger partial charge in [-0.05, 0) is 50.6 Å². The smallest absolute Gasteiger partial charge is 0.327 e. The van der Waals surface area contributed by atoms with Crippen molar-refractivity contribution in [3.8, 4) is 11.5 Å². The summed E-state index contributed by atoms with van der Waals surface area (Å²) in [4.78, 5) is 46.3. The Hall–Kier alpha value is -4.58. The average molecular weight is 526 g/mol. The number of pyridine rings is 1. The molecule has 3 aromatic rings. The van der Waals surface area contributed by atoms with Crippen molar-refractivity contribution in [1.29, 1.82) is 0 Å². The minimum atomic E-state index is -1.52. The van der Waals surface area contributed by atoms with E-state index in [2.05, 4.69) is 20.5 Å². The van der Waals surface area contributed by atoms with E-state index in [-0.39, 0.29) is 12.5 Å². The van der Waals surface area contributed by atoms with E-state index in [4.69, 9.17) is 12.6 Å². The van der Waals surface area contributed by atoms with Crippen LogP contribution < -0.4 is 10.1 Å². The first-order valence-electron chi connectivity index (χ1n) is 12.2. The summed E-state index contributed by atoms with van der Waals surface area (Å²) in [6.07, 6.45) is -1.52. The first-order valence-corrected chi connectivity index (χ1v) is 12.2. The van der Waals surface area contributed by atoms with Crippen molar-refractivity contribution in [2.75, 3.05) is 6.54 Å². The number of carbonyl (C=O) groups is 2. The Morgan fingerprint density at radius 2 is 1.69 bits per heavy atom. The third kappa shape index (κ3) is 6.85. The van der Waals surface area contributed by atoms with Crippen LogP contribution in [-0.4, -0.2) is 58.5 Å². The number of nitroso groups, excluding NO2 is 1. The number of ether oxygens (including phenoxy) is 1. The number of hydrogen-bond donors (Lipinski definition) is 2. The molecular weight excluding hydrogens is 499 g/mol. The predicted molar refractivity (Wildman–Crippen MR) is 146 cm³/mol. The molecule has 0 saturated carbocycles. The maximum absolute atomic E-state index is 12.9. The van der Waals surface area contributed by atoms with Crippen molar-refractivity contribution in [3.63, 3.8) is 0 Å². The molecule has 1 unspecified atom stereocenters. The van der Waals surface area contributed by atoms with Crippen LogP contribution in [0.1, 0.15) is 22.5 Å². The highest BCUT2D eigenvalue weighted by atomic mass is 16.5. The summed E-state index contributed by atoms with van der Waals surface area (Å²) in [7, 11) is 5.70. The van der Waals surface area contributed by atoms with E-state index in [0.29, 0.717) is 17.2 Å². The van der Waals surface area contributed by atoms with E-state index >= 15 is 0 Å². The predicted octanol–water partition coefficient (Wildman–Crippen LogP) is 3.84. The summed E-state index contributed by atoms with van der Waals surface area (Å²) in [5, 5.41) is 16.1. The van der Waals surface area contributed by atoms with Crippen LogP contribution in [0.25, 0.3) is 0 Å². The van der Waals surface area contributed by atoms with Gasteiger partial charge in [0.15, 0.2) is 0 Å². The lowest BCUT2D eigenvalue weighted by Crippen LogP contribution is -2.65.